The van der Waals surface area contributed by atoms with Crippen LogP contribution in [-0.2, 0) is 9.47 Å². The van der Waals surface area contributed by atoms with Crippen molar-refractivity contribution in [3.05, 3.63) is 0 Å². The summed E-state index contributed by atoms with van der Waals surface area (Å²) in [5.41, 5.74) is 0.118. The summed E-state index contributed by atoms with van der Waals surface area (Å²) in [7, 11) is 0. The Bertz CT molecular complexity index is 263. The van der Waals surface area contributed by atoms with Gasteiger partial charge in [-0.05, 0) is 53.4 Å². The topological polar surface area (TPSA) is 30.5 Å². The monoisotopic (exact) mass is 241 g/mol. The Hall–Kier alpha value is -0.120. The van der Waals surface area contributed by atoms with Crippen LogP contribution in [0.2, 0.25) is 0 Å². The van der Waals surface area contributed by atoms with Crippen molar-refractivity contribution in [2.24, 2.45) is 0 Å². The summed E-state index contributed by atoms with van der Waals surface area (Å²) in [6.07, 6.45) is 4.99. The highest BCUT2D eigenvalue weighted by Crippen LogP contribution is 2.29. The first-order valence-corrected chi connectivity index (χ1v) is 6.91. The molecule has 1 N–H and O–H groups in total. The van der Waals surface area contributed by atoms with Crippen molar-refractivity contribution < 1.29 is 9.47 Å². The molecule has 2 unspecified atom stereocenters. The SMILES string of the molecule is CC1(C)CC(NCC2CCC(C)(C)O2)CCO1. The second kappa shape index (κ2) is 4.87. The van der Waals surface area contributed by atoms with E-state index >= 15 is 0 Å². The fourth-order valence-corrected chi connectivity index (χ4v) is 2.93. The van der Waals surface area contributed by atoms with E-state index in [0.29, 0.717) is 12.1 Å². The Morgan fingerprint density at radius 1 is 1.12 bits per heavy atom. The standard InChI is InChI=1S/C14H27NO2/c1-13(2)7-5-12(17-13)10-15-11-6-8-16-14(3,4)9-11/h11-12,15H,5-10H2,1-4H3. The molecule has 0 radical (unpaired) electrons. The molecule has 0 bridgehead atoms. The minimum Gasteiger partial charge on any atom is -0.375 e. The van der Waals surface area contributed by atoms with Crippen LogP contribution < -0.4 is 5.32 Å². The highest BCUT2D eigenvalue weighted by atomic mass is 16.5. The summed E-state index contributed by atoms with van der Waals surface area (Å²) in [5.74, 6) is 0. The Kier molecular flexibility index (Phi) is 3.81. The van der Waals surface area contributed by atoms with Gasteiger partial charge < -0.3 is 14.8 Å². The van der Waals surface area contributed by atoms with Crippen molar-refractivity contribution in [1.82, 2.24) is 5.32 Å². The van der Waals surface area contributed by atoms with Gasteiger partial charge in [0.1, 0.15) is 0 Å². The van der Waals surface area contributed by atoms with E-state index in [1.54, 1.807) is 0 Å². The van der Waals surface area contributed by atoms with E-state index in [9.17, 15) is 0 Å². The Labute approximate surface area is 105 Å². The Balaban J connectivity index is 1.72. The first-order chi connectivity index (χ1) is 7.86. The summed E-state index contributed by atoms with van der Waals surface area (Å²) in [6.45, 7) is 10.6. The molecule has 0 spiro atoms. The van der Waals surface area contributed by atoms with Crippen molar-refractivity contribution in [3.8, 4) is 0 Å². The predicted molar refractivity (Wildman–Crippen MR) is 69.2 cm³/mol. The molecule has 2 atom stereocenters. The van der Waals surface area contributed by atoms with E-state index < -0.39 is 0 Å². The zero-order chi connectivity index (χ0) is 12.5. The van der Waals surface area contributed by atoms with Crippen LogP contribution in [0.1, 0.15) is 53.4 Å². The van der Waals surface area contributed by atoms with Crippen LogP contribution in [0.25, 0.3) is 0 Å². The third kappa shape index (κ3) is 3.94. The van der Waals surface area contributed by atoms with Gasteiger partial charge in [-0.15, -0.1) is 0 Å². The summed E-state index contributed by atoms with van der Waals surface area (Å²) < 4.78 is 11.7. The maximum absolute atomic E-state index is 6.00. The molecule has 0 amide bonds. The van der Waals surface area contributed by atoms with Crippen molar-refractivity contribution in [3.63, 3.8) is 0 Å². The molecule has 2 aliphatic rings. The van der Waals surface area contributed by atoms with Gasteiger partial charge >= 0.3 is 0 Å². The van der Waals surface area contributed by atoms with E-state index in [-0.39, 0.29) is 11.2 Å². The van der Waals surface area contributed by atoms with Gasteiger partial charge in [0.2, 0.25) is 0 Å². The van der Waals surface area contributed by atoms with E-state index in [2.05, 4.69) is 33.0 Å². The summed E-state index contributed by atoms with van der Waals surface area (Å²) in [5, 5.41) is 3.65. The third-order valence-electron chi connectivity index (χ3n) is 3.89. The number of rotatable bonds is 3. The molecular formula is C14H27NO2. The molecule has 2 aliphatic heterocycles. The second-order valence-corrected chi connectivity index (χ2v) is 6.74. The maximum Gasteiger partial charge on any atom is 0.0707 e. The fourth-order valence-electron chi connectivity index (χ4n) is 2.93. The van der Waals surface area contributed by atoms with Crippen molar-refractivity contribution in [1.29, 1.82) is 0 Å². The smallest absolute Gasteiger partial charge is 0.0707 e. The zero-order valence-corrected chi connectivity index (χ0v) is 11.7. The lowest BCUT2D eigenvalue weighted by Crippen LogP contribution is -2.45. The van der Waals surface area contributed by atoms with Gasteiger partial charge in [0.15, 0.2) is 0 Å². The van der Waals surface area contributed by atoms with Gasteiger partial charge in [0, 0.05) is 19.2 Å². The average Bonchev–Trinajstić information content (AvgIpc) is 2.54. The van der Waals surface area contributed by atoms with Crippen LogP contribution in [-0.4, -0.2) is 36.5 Å². The largest absolute Gasteiger partial charge is 0.375 e. The minimum absolute atomic E-state index is 0.0335. The molecule has 2 rings (SSSR count). The quantitative estimate of drug-likeness (QED) is 0.823. The summed E-state index contributed by atoms with van der Waals surface area (Å²) >= 11 is 0. The van der Waals surface area contributed by atoms with Gasteiger partial charge in [-0.1, -0.05) is 0 Å². The van der Waals surface area contributed by atoms with Gasteiger partial charge in [-0.25, -0.2) is 0 Å². The van der Waals surface area contributed by atoms with Crippen LogP contribution in [0.5, 0.6) is 0 Å². The highest BCUT2D eigenvalue weighted by Gasteiger charge is 2.33. The van der Waals surface area contributed by atoms with E-state index in [1.807, 2.05) is 0 Å². The molecule has 3 heteroatoms. The van der Waals surface area contributed by atoms with Gasteiger partial charge in [-0.2, -0.15) is 0 Å². The zero-order valence-electron chi connectivity index (χ0n) is 11.7. The van der Waals surface area contributed by atoms with Crippen LogP contribution in [0.4, 0.5) is 0 Å². The normalized spacial score (nSPS) is 36.0. The van der Waals surface area contributed by atoms with E-state index in [0.717, 1.165) is 26.0 Å². The van der Waals surface area contributed by atoms with Crippen LogP contribution in [0.3, 0.4) is 0 Å². The van der Waals surface area contributed by atoms with Gasteiger partial charge in [-0.3, -0.25) is 0 Å². The molecule has 0 aromatic carbocycles. The number of ether oxygens (including phenoxy) is 2. The number of nitrogens with one attached hydrogen (secondary N) is 1. The second-order valence-electron chi connectivity index (χ2n) is 6.74. The molecule has 3 nitrogen and oxygen atoms in total. The molecule has 2 saturated heterocycles. The average molecular weight is 241 g/mol. The maximum atomic E-state index is 6.00. The van der Waals surface area contributed by atoms with Crippen molar-refractivity contribution in [2.75, 3.05) is 13.2 Å². The molecule has 2 heterocycles. The van der Waals surface area contributed by atoms with Gasteiger partial charge in [0.25, 0.3) is 0 Å². The molecular weight excluding hydrogens is 214 g/mol. The van der Waals surface area contributed by atoms with Crippen LogP contribution in [0.15, 0.2) is 0 Å². The lowest BCUT2D eigenvalue weighted by molar-refractivity contribution is -0.0663. The molecule has 17 heavy (non-hydrogen) atoms. The van der Waals surface area contributed by atoms with E-state index in [1.165, 1.54) is 12.8 Å². The fraction of sp³-hybridized carbons (Fsp3) is 1.00. The molecule has 0 saturated carbocycles. The summed E-state index contributed by atoms with van der Waals surface area (Å²) in [4.78, 5) is 0. The van der Waals surface area contributed by atoms with Crippen LogP contribution >= 0.6 is 0 Å². The first-order valence-electron chi connectivity index (χ1n) is 6.91. The first kappa shape index (κ1) is 13.3. The van der Waals surface area contributed by atoms with Crippen molar-refractivity contribution >= 4 is 0 Å². The Morgan fingerprint density at radius 2 is 1.88 bits per heavy atom. The Morgan fingerprint density at radius 3 is 2.47 bits per heavy atom. The molecule has 0 aromatic rings. The molecule has 2 fully saturated rings. The van der Waals surface area contributed by atoms with Gasteiger partial charge in [0.05, 0.1) is 17.3 Å². The lowest BCUT2D eigenvalue weighted by atomic mass is 9.94. The minimum atomic E-state index is 0.0335. The van der Waals surface area contributed by atoms with Crippen molar-refractivity contribution in [2.45, 2.75) is 76.7 Å². The molecule has 0 aliphatic carbocycles. The molecule has 100 valence electrons. The highest BCUT2D eigenvalue weighted by molar-refractivity contribution is 4.86. The predicted octanol–water partition coefficient (Wildman–Crippen LogP) is 2.49. The van der Waals surface area contributed by atoms with E-state index in [4.69, 9.17) is 9.47 Å². The number of hydrogen-bond donors (Lipinski definition) is 1. The van der Waals surface area contributed by atoms with Crippen LogP contribution in [0, 0.1) is 0 Å². The summed E-state index contributed by atoms with van der Waals surface area (Å²) in [6, 6.07) is 0.589. The third-order valence-corrected chi connectivity index (χ3v) is 3.89. The molecule has 0 aromatic heterocycles. The number of hydrogen-bond acceptors (Lipinski definition) is 3. The lowest BCUT2D eigenvalue weighted by Gasteiger charge is -2.36.